The average molecular weight is 472 g/mol. The minimum atomic E-state index is -0.681. The van der Waals surface area contributed by atoms with Crippen molar-refractivity contribution >= 4 is 17.5 Å². The van der Waals surface area contributed by atoms with Gasteiger partial charge in [-0.2, -0.15) is 0 Å². The molecule has 7 heteroatoms. The van der Waals surface area contributed by atoms with Crippen LogP contribution in [0.1, 0.15) is 52.2 Å². The average Bonchev–Trinajstić information content (AvgIpc) is 2.89. The zero-order chi connectivity index (χ0) is 24.6. The third-order valence-corrected chi connectivity index (χ3v) is 5.60. The Bertz CT molecular complexity index is 1190. The monoisotopic (exact) mass is 471 g/mol. The van der Waals surface area contributed by atoms with E-state index in [0.717, 1.165) is 12.8 Å². The number of rotatable bonds is 10. The highest BCUT2D eigenvalue weighted by atomic mass is 16.5. The molecule has 7 nitrogen and oxygen atoms in total. The van der Waals surface area contributed by atoms with Crippen LogP contribution in [0, 0.1) is 0 Å². The van der Waals surface area contributed by atoms with Gasteiger partial charge in [0.2, 0.25) is 0 Å². The van der Waals surface area contributed by atoms with Crippen LogP contribution in [0.4, 0.5) is 5.69 Å². The molecule has 1 atom stereocenters. The first-order valence-corrected chi connectivity index (χ1v) is 11.7. The van der Waals surface area contributed by atoms with Gasteiger partial charge in [-0.1, -0.05) is 56.3 Å². The van der Waals surface area contributed by atoms with Crippen molar-refractivity contribution in [3.05, 3.63) is 102 Å². The Morgan fingerprint density at radius 2 is 1.80 bits per heavy atom. The largest absolute Gasteiger partial charge is 0.494 e. The van der Waals surface area contributed by atoms with Crippen LogP contribution in [0.5, 0.6) is 11.5 Å². The third-order valence-electron chi connectivity index (χ3n) is 5.60. The lowest BCUT2D eigenvalue weighted by molar-refractivity contribution is 0.0488. The van der Waals surface area contributed by atoms with Crippen molar-refractivity contribution < 1.29 is 19.1 Å². The second kappa shape index (κ2) is 11.2. The molecule has 0 bridgehead atoms. The van der Waals surface area contributed by atoms with Crippen molar-refractivity contribution in [2.75, 3.05) is 18.5 Å². The zero-order valence-corrected chi connectivity index (χ0v) is 19.7. The second-order valence-electron chi connectivity index (χ2n) is 8.07. The van der Waals surface area contributed by atoms with Crippen LogP contribution >= 0.6 is 0 Å². The molecular weight excluding hydrogens is 442 g/mol. The van der Waals surface area contributed by atoms with E-state index in [1.54, 1.807) is 42.5 Å². The molecule has 0 saturated heterocycles. The summed E-state index contributed by atoms with van der Waals surface area (Å²) < 4.78 is 11.5. The number of ether oxygens (including phenoxy) is 2. The van der Waals surface area contributed by atoms with Crippen molar-refractivity contribution in [1.82, 2.24) is 10.4 Å². The number of carbonyl (C=O) groups is 2. The number of hydrogen-bond acceptors (Lipinski definition) is 5. The van der Waals surface area contributed by atoms with Crippen molar-refractivity contribution in [1.29, 1.82) is 0 Å². The van der Waals surface area contributed by atoms with E-state index >= 15 is 0 Å². The number of unbranched alkanes of at least 4 members (excludes halogenated alkanes) is 1. The fourth-order valence-corrected chi connectivity index (χ4v) is 3.78. The van der Waals surface area contributed by atoms with E-state index in [1.165, 1.54) is 5.01 Å². The predicted octanol–water partition coefficient (Wildman–Crippen LogP) is 5.34. The van der Waals surface area contributed by atoms with Crippen LogP contribution < -0.4 is 20.2 Å². The lowest BCUT2D eigenvalue weighted by Crippen LogP contribution is -2.53. The van der Waals surface area contributed by atoms with Gasteiger partial charge < -0.3 is 14.8 Å². The number of nitrogens with zero attached hydrogens (tertiary/aromatic N) is 1. The molecule has 0 spiro atoms. The molecule has 3 aromatic carbocycles. The highest BCUT2D eigenvalue weighted by molar-refractivity contribution is 6.04. The Hall–Kier alpha value is -4.26. The number of amides is 2. The molecule has 180 valence electrons. The van der Waals surface area contributed by atoms with E-state index in [4.69, 9.17) is 9.47 Å². The standard InChI is InChI=1S/C28H29N3O4/c1-3-5-19-34-21-16-14-20(15-17-21)27(32)30-31-26(23-11-7-9-13-25(23)35-18-4-2)29-24-12-8-6-10-22(24)28(31)33/h4,6-17,26,29H,2-3,5,18-19H2,1H3,(H,30,32)/t26-/m0/s1. The molecule has 2 amide bonds. The lowest BCUT2D eigenvalue weighted by atomic mass is 10.0. The Labute approximate surface area is 205 Å². The summed E-state index contributed by atoms with van der Waals surface area (Å²) in [5, 5.41) is 4.68. The van der Waals surface area contributed by atoms with Gasteiger partial charge in [-0.3, -0.25) is 15.0 Å². The van der Waals surface area contributed by atoms with Gasteiger partial charge in [-0.15, -0.1) is 0 Å². The van der Waals surface area contributed by atoms with Gasteiger partial charge in [0, 0.05) is 16.8 Å². The fraction of sp³-hybridized carbons (Fsp3) is 0.214. The van der Waals surface area contributed by atoms with Gasteiger partial charge in [0.05, 0.1) is 12.2 Å². The number of fused-ring (bicyclic) bond motifs is 1. The molecule has 3 aromatic rings. The summed E-state index contributed by atoms with van der Waals surface area (Å²) in [4.78, 5) is 26.6. The first-order chi connectivity index (χ1) is 17.1. The van der Waals surface area contributed by atoms with Crippen LogP contribution in [-0.4, -0.2) is 30.0 Å². The summed E-state index contributed by atoms with van der Waals surface area (Å²) in [6.07, 6.45) is 2.98. The number of nitrogens with one attached hydrogen (secondary N) is 2. The highest BCUT2D eigenvalue weighted by Gasteiger charge is 2.35. The predicted molar refractivity (Wildman–Crippen MR) is 135 cm³/mol. The smallest absolute Gasteiger partial charge is 0.276 e. The van der Waals surface area contributed by atoms with E-state index in [0.29, 0.717) is 47.1 Å². The van der Waals surface area contributed by atoms with Crippen molar-refractivity contribution in [2.45, 2.75) is 25.9 Å². The molecule has 0 saturated carbocycles. The van der Waals surface area contributed by atoms with E-state index in [1.807, 2.05) is 36.4 Å². The summed E-state index contributed by atoms with van der Waals surface area (Å²) in [7, 11) is 0. The number of hydrogen-bond donors (Lipinski definition) is 2. The zero-order valence-electron chi connectivity index (χ0n) is 19.7. The first kappa shape index (κ1) is 23.9. The summed E-state index contributed by atoms with van der Waals surface area (Å²) in [5.41, 5.74) is 5.06. The molecule has 1 aliphatic rings. The Morgan fingerprint density at radius 3 is 2.57 bits per heavy atom. The van der Waals surface area contributed by atoms with Crippen LogP contribution in [0.25, 0.3) is 0 Å². The SMILES string of the molecule is C=CCOc1ccccc1[C@H]1Nc2ccccc2C(=O)N1NC(=O)c1ccc(OCCCC)cc1. The van der Waals surface area contributed by atoms with E-state index in [2.05, 4.69) is 24.2 Å². The third kappa shape index (κ3) is 5.46. The quantitative estimate of drug-likeness (QED) is 0.308. The molecule has 1 heterocycles. The summed E-state index contributed by atoms with van der Waals surface area (Å²) in [6.45, 7) is 6.75. The number of para-hydroxylation sites is 2. The lowest BCUT2D eigenvalue weighted by Gasteiger charge is -2.38. The molecule has 4 rings (SSSR count). The van der Waals surface area contributed by atoms with Crippen molar-refractivity contribution in [3.8, 4) is 11.5 Å². The number of hydrazine groups is 1. The number of carbonyl (C=O) groups excluding carboxylic acids is 2. The number of anilines is 1. The minimum absolute atomic E-state index is 0.313. The van der Waals surface area contributed by atoms with Gasteiger partial charge >= 0.3 is 0 Å². The van der Waals surface area contributed by atoms with E-state index in [-0.39, 0.29) is 5.91 Å². The van der Waals surface area contributed by atoms with E-state index < -0.39 is 12.1 Å². The summed E-state index contributed by atoms with van der Waals surface area (Å²) >= 11 is 0. The Morgan fingerprint density at radius 1 is 1.06 bits per heavy atom. The molecule has 0 aromatic heterocycles. The van der Waals surface area contributed by atoms with Gasteiger partial charge in [0.15, 0.2) is 6.17 Å². The summed E-state index contributed by atoms with van der Waals surface area (Å²) in [6, 6.07) is 21.5. The molecule has 0 radical (unpaired) electrons. The molecule has 35 heavy (non-hydrogen) atoms. The highest BCUT2D eigenvalue weighted by Crippen LogP contribution is 2.36. The molecule has 0 unspecified atom stereocenters. The molecule has 0 aliphatic carbocycles. The van der Waals surface area contributed by atoms with Crippen molar-refractivity contribution in [2.24, 2.45) is 0 Å². The Balaban J connectivity index is 1.61. The maximum atomic E-state index is 13.5. The van der Waals surface area contributed by atoms with Gasteiger partial charge in [0.1, 0.15) is 18.1 Å². The topological polar surface area (TPSA) is 79.9 Å². The number of benzene rings is 3. The molecule has 2 N–H and O–H groups in total. The normalized spacial score (nSPS) is 14.5. The fourth-order valence-electron chi connectivity index (χ4n) is 3.78. The molecule has 0 fully saturated rings. The van der Waals surface area contributed by atoms with Crippen LogP contribution in [-0.2, 0) is 0 Å². The van der Waals surface area contributed by atoms with E-state index in [9.17, 15) is 9.59 Å². The van der Waals surface area contributed by atoms with Gasteiger partial charge in [0.25, 0.3) is 11.8 Å². The van der Waals surface area contributed by atoms with Gasteiger partial charge in [-0.05, 0) is 48.9 Å². The maximum Gasteiger partial charge on any atom is 0.276 e. The molecule has 1 aliphatic heterocycles. The van der Waals surface area contributed by atoms with Gasteiger partial charge in [-0.25, -0.2) is 5.01 Å². The van der Waals surface area contributed by atoms with Crippen LogP contribution in [0.2, 0.25) is 0 Å². The summed E-state index contributed by atoms with van der Waals surface area (Å²) in [5.74, 6) is 0.556. The van der Waals surface area contributed by atoms with Crippen molar-refractivity contribution in [3.63, 3.8) is 0 Å². The Kier molecular flexibility index (Phi) is 7.67. The minimum Gasteiger partial charge on any atom is -0.494 e. The second-order valence-corrected chi connectivity index (χ2v) is 8.07. The van der Waals surface area contributed by atoms with Crippen LogP contribution in [0.15, 0.2) is 85.5 Å². The maximum absolute atomic E-state index is 13.5. The first-order valence-electron chi connectivity index (χ1n) is 11.7. The molecular formula is C28H29N3O4. The van der Waals surface area contributed by atoms with Crippen LogP contribution in [0.3, 0.4) is 0 Å².